The molecule has 3 aromatic rings. The number of phenols is 2. The van der Waals surface area contributed by atoms with E-state index in [0.717, 1.165) is 0 Å². The van der Waals surface area contributed by atoms with Crippen LogP contribution in [-0.2, 0) is 0 Å². The molecule has 0 atom stereocenters. The van der Waals surface area contributed by atoms with Gasteiger partial charge in [0.15, 0.2) is 0 Å². The number of hydrogen-bond donors (Lipinski definition) is 2. The van der Waals surface area contributed by atoms with E-state index in [9.17, 15) is 10.2 Å². The number of hydrogen-bond acceptors (Lipinski definition) is 5. The molecule has 7 heteroatoms. The summed E-state index contributed by atoms with van der Waals surface area (Å²) in [7, 11) is 0. The lowest BCUT2D eigenvalue weighted by molar-refractivity contribution is 0.474. The van der Waals surface area contributed by atoms with Crippen molar-refractivity contribution >= 4 is 46.5 Å². The van der Waals surface area contributed by atoms with Gasteiger partial charge in [0.25, 0.3) is 0 Å². The van der Waals surface area contributed by atoms with Gasteiger partial charge in [0.1, 0.15) is 17.2 Å². The van der Waals surface area contributed by atoms with Crippen molar-refractivity contribution < 1.29 is 10.2 Å². The molecule has 5 nitrogen and oxygen atoms in total. The van der Waals surface area contributed by atoms with Crippen molar-refractivity contribution in [3.63, 3.8) is 0 Å². The third-order valence-electron chi connectivity index (χ3n) is 3.40. The molecule has 0 unspecified atom stereocenters. The van der Waals surface area contributed by atoms with Crippen molar-refractivity contribution in [3.8, 4) is 11.5 Å². The van der Waals surface area contributed by atoms with Crippen LogP contribution < -0.4 is 0 Å². The summed E-state index contributed by atoms with van der Waals surface area (Å²) in [5.74, 6) is 0.0180. The monoisotopic (exact) mass is 385 g/mol. The average molecular weight is 386 g/mol. The van der Waals surface area contributed by atoms with Gasteiger partial charge in [-0.05, 0) is 60.7 Å². The van der Waals surface area contributed by atoms with Crippen molar-refractivity contribution in [3.05, 3.63) is 76.3 Å². The van der Waals surface area contributed by atoms with Gasteiger partial charge in [0.2, 0.25) is 0 Å². The molecule has 0 saturated carbocycles. The summed E-state index contributed by atoms with van der Waals surface area (Å²) in [5, 5.41) is 29.1. The van der Waals surface area contributed by atoms with E-state index in [2.05, 4.69) is 15.2 Å². The maximum absolute atomic E-state index is 9.99. The molecule has 0 aliphatic carbocycles. The van der Waals surface area contributed by atoms with Gasteiger partial charge in [-0.1, -0.05) is 23.2 Å². The topological polar surface area (TPSA) is 77.5 Å². The van der Waals surface area contributed by atoms with E-state index in [0.29, 0.717) is 32.7 Å². The zero-order valence-electron chi connectivity index (χ0n) is 13.3. The lowest BCUT2D eigenvalue weighted by Gasteiger charge is -2.02. The van der Waals surface area contributed by atoms with E-state index in [4.69, 9.17) is 23.2 Å². The molecule has 0 bridgehead atoms. The Morgan fingerprint density at radius 2 is 1.31 bits per heavy atom. The first kappa shape index (κ1) is 17.9. The van der Waals surface area contributed by atoms with E-state index in [-0.39, 0.29) is 11.5 Å². The molecule has 0 fully saturated rings. The lowest BCUT2D eigenvalue weighted by atomic mass is 10.2. The lowest BCUT2D eigenvalue weighted by Crippen LogP contribution is -1.82. The number of nitrogens with zero attached hydrogens (tertiary/aromatic N) is 3. The van der Waals surface area contributed by atoms with Crippen LogP contribution in [0.5, 0.6) is 11.5 Å². The van der Waals surface area contributed by atoms with Crippen molar-refractivity contribution in [1.82, 2.24) is 0 Å². The predicted molar refractivity (Wildman–Crippen MR) is 104 cm³/mol. The quantitative estimate of drug-likeness (QED) is 0.393. The van der Waals surface area contributed by atoms with Gasteiger partial charge in [-0.2, -0.15) is 10.2 Å². The molecule has 0 aliphatic heterocycles. The second-order valence-electron chi connectivity index (χ2n) is 5.31. The summed E-state index contributed by atoms with van der Waals surface area (Å²) in [6.07, 6.45) is 1.42. The Morgan fingerprint density at radius 1 is 0.692 bits per heavy atom. The molecule has 3 aromatic carbocycles. The SMILES string of the molecule is Oc1ccc(N=Nc2ccc(Cl)cc2)cc1C=Nc1cc(Cl)ccc1O. The highest BCUT2D eigenvalue weighted by molar-refractivity contribution is 6.31. The molecule has 0 saturated heterocycles. The molecule has 0 radical (unpaired) electrons. The van der Waals surface area contributed by atoms with E-state index >= 15 is 0 Å². The first-order chi connectivity index (χ1) is 12.5. The summed E-state index contributed by atoms with van der Waals surface area (Å²) in [5.41, 5.74) is 1.91. The minimum Gasteiger partial charge on any atom is -0.507 e. The highest BCUT2D eigenvalue weighted by atomic mass is 35.5. The van der Waals surface area contributed by atoms with Gasteiger partial charge in [-0.15, -0.1) is 0 Å². The predicted octanol–water partition coefficient (Wildman–Crippen LogP) is 6.57. The van der Waals surface area contributed by atoms with Crippen molar-refractivity contribution in [2.45, 2.75) is 0 Å². The second kappa shape index (κ2) is 7.99. The normalized spacial score (nSPS) is 11.5. The first-order valence-corrected chi connectivity index (χ1v) is 8.30. The Bertz CT molecular complexity index is 987. The third kappa shape index (κ3) is 4.59. The van der Waals surface area contributed by atoms with E-state index in [1.165, 1.54) is 24.4 Å². The van der Waals surface area contributed by atoms with Crippen LogP contribution in [0.4, 0.5) is 17.1 Å². The highest BCUT2D eigenvalue weighted by Gasteiger charge is 2.03. The Hall–Kier alpha value is -2.89. The smallest absolute Gasteiger partial charge is 0.141 e. The van der Waals surface area contributed by atoms with Crippen molar-refractivity contribution in [2.75, 3.05) is 0 Å². The Labute approximate surface area is 159 Å². The minimum atomic E-state index is -0.0104. The highest BCUT2D eigenvalue weighted by Crippen LogP contribution is 2.30. The Morgan fingerprint density at radius 3 is 2.08 bits per heavy atom. The largest absolute Gasteiger partial charge is 0.507 e. The van der Waals surface area contributed by atoms with Crippen LogP contribution in [0.3, 0.4) is 0 Å². The number of benzene rings is 3. The van der Waals surface area contributed by atoms with Crippen LogP contribution >= 0.6 is 23.2 Å². The summed E-state index contributed by atoms with van der Waals surface area (Å²) in [6.45, 7) is 0. The van der Waals surface area contributed by atoms with E-state index < -0.39 is 0 Å². The van der Waals surface area contributed by atoms with Crippen LogP contribution in [0.15, 0.2) is 75.9 Å². The summed E-state index contributed by atoms with van der Waals surface area (Å²) in [4.78, 5) is 4.16. The third-order valence-corrected chi connectivity index (χ3v) is 3.89. The van der Waals surface area contributed by atoms with Gasteiger partial charge in [-0.3, -0.25) is 4.99 Å². The van der Waals surface area contributed by atoms with Gasteiger partial charge < -0.3 is 10.2 Å². The summed E-state index contributed by atoms with van der Waals surface area (Å²) in [6, 6.07) is 16.2. The molecule has 0 amide bonds. The molecule has 0 aliphatic rings. The van der Waals surface area contributed by atoms with Crippen LogP contribution in [0, 0.1) is 0 Å². The van der Waals surface area contributed by atoms with E-state index in [1.807, 2.05) is 0 Å². The molecule has 0 aromatic heterocycles. The van der Waals surface area contributed by atoms with Gasteiger partial charge in [0, 0.05) is 21.8 Å². The maximum Gasteiger partial charge on any atom is 0.141 e. The molecule has 2 N–H and O–H groups in total. The van der Waals surface area contributed by atoms with Crippen LogP contribution in [0.1, 0.15) is 5.56 Å². The fourth-order valence-corrected chi connectivity index (χ4v) is 2.36. The number of aliphatic imine (C=N–C) groups is 1. The number of phenolic OH excluding ortho intramolecular Hbond substituents is 2. The molecule has 3 rings (SSSR count). The van der Waals surface area contributed by atoms with Gasteiger partial charge in [0.05, 0.1) is 11.4 Å². The number of aromatic hydroxyl groups is 2. The first-order valence-electron chi connectivity index (χ1n) is 7.54. The Balaban J connectivity index is 1.84. The summed E-state index contributed by atoms with van der Waals surface area (Å²) < 4.78 is 0. The van der Waals surface area contributed by atoms with Crippen LogP contribution in [0.25, 0.3) is 0 Å². The molecular formula is C19H13Cl2N3O2. The maximum atomic E-state index is 9.99. The number of rotatable bonds is 4. The molecular weight excluding hydrogens is 373 g/mol. The summed E-state index contributed by atoms with van der Waals surface area (Å²) >= 11 is 11.7. The van der Waals surface area contributed by atoms with Crippen LogP contribution in [-0.4, -0.2) is 16.4 Å². The van der Waals surface area contributed by atoms with Gasteiger partial charge in [-0.25, -0.2) is 0 Å². The number of halogens is 2. The molecule has 0 heterocycles. The van der Waals surface area contributed by atoms with E-state index in [1.54, 1.807) is 42.5 Å². The van der Waals surface area contributed by atoms with Crippen molar-refractivity contribution in [1.29, 1.82) is 0 Å². The number of azo groups is 1. The van der Waals surface area contributed by atoms with Crippen LogP contribution in [0.2, 0.25) is 10.0 Å². The fourth-order valence-electron chi connectivity index (χ4n) is 2.07. The fraction of sp³-hybridized carbons (Fsp3) is 0. The standard InChI is InChI=1S/C19H13Cl2N3O2/c20-13-1-4-15(5-2-13)23-24-16-6-8-18(25)12(9-16)11-22-17-10-14(21)3-7-19(17)26/h1-11,25-26H. The Kier molecular flexibility index (Phi) is 5.51. The zero-order valence-corrected chi connectivity index (χ0v) is 14.9. The molecule has 130 valence electrons. The minimum absolute atomic E-state index is 0.0104. The zero-order chi connectivity index (χ0) is 18.5. The average Bonchev–Trinajstić information content (AvgIpc) is 2.64. The molecule has 0 spiro atoms. The van der Waals surface area contributed by atoms with Gasteiger partial charge >= 0.3 is 0 Å². The second-order valence-corrected chi connectivity index (χ2v) is 6.18. The van der Waals surface area contributed by atoms with Crippen molar-refractivity contribution in [2.24, 2.45) is 15.2 Å². The molecule has 26 heavy (non-hydrogen) atoms.